The molecule has 0 aromatic heterocycles. The number of aliphatic hydroxyl groups is 1. The summed E-state index contributed by atoms with van der Waals surface area (Å²) < 4.78 is 5.67. The monoisotopic (exact) mass is 344 g/mol. The molecule has 2 unspecified atom stereocenters. The molecule has 0 heterocycles. The molecule has 0 aromatic rings. The first kappa shape index (κ1) is 22.6. The number of carboxylic acid groups (broad SMARTS) is 1. The minimum absolute atomic E-state index is 0.259. The number of carbonyl (C=O) groups excluding carboxylic acids is 1. The van der Waals surface area contributed by atoms with E-state index in [1.54, 1.807) is 0 Å². The summed E-state index contributed by atoms with van der Waals surface area (Å²) >= 11 is 0. The summed E-state index contributed by atoms with van der Waals surface area (Å²) in [6.45, 7) is 2.53. The Morgan fingerprint density at radius 2 is 1.75 bits per heavy atom. The van der Waals surface area contributed by atoms with Crippen LogP contribution in [0.3, 0.4) is 0 Å². The summed E-state index contributed by atoms with van der Waals surface area (Å²) in [6.07, 6.45) is 7.26. The quantitative estimate of drug-likeness (QED) is 0.232. The van der Waals surface area contributed by atoms with Crippen LogP contribution in [0.2, 0.25) is 0 Å². The van der Waals surface area contributed by atoms with Crippen molar-refractivity contribution in [2.24, 2.45) is 0 Å². The van der Waals surface area contributed by atoms with Gasteiger partial charge >= 0.3 is 11.9 Å². The summed E-state index contributed by atoms with van der Waals surface area (Å²) in [5, 5.41) is 18.8. The number of carboxylic acids is 1. The van der Waals surface area contributed by atoms with E-state index >= 15 is 0 Å². The third-order valence-corrected chi connectivity index (χ3v) is 3.46. The highest BCUT2D eigenvalue weighted by atomic mass is 16.6. The van der Waals surface area contributed by atoms with Gasteiger partial charge in [-0.15, -0.1) is 0 Å². The predicted octanol–water partition coefficient (Wildman–Crippen LogP) is 2.36. The third-order valence-electron chi connectivity index (χ3n) is 3.46. The summed E-state index contributed by atoms with van der Waals surface area (Å²) in [5.74, 6) is -1.76. The van der Waals surface area contributed by atoms with Gasteiger partial charge in [0, 0.05) is 0 Å². The van der Waals surface area contributed by atoms with Crippen molar-refractivity contribution >= 4 is 11.9 Å². The first-order valence-electron chi connectivity index (χ1n) is 8.71. The molecule has 6 nitrogen and oxygen atoms in total. The van der Waals surface area contributed by atoms with Gasteiger partial charge in [0.2, 0.25) is 0 Å². The Morgan fingerprint density at radius 1 is 1.12 bits per heavy atom. The zero-order valence-corrected chi connectivity index (χ0v) is 15.5. The highest BCUT2D eigenvalue weighted by Gasteiger charge is 2.27. The molecular formula is C18H34NO5+. The fourth-order valence-corrected chi connectivity index (χ4v) is 2.31. The molecular weight excluding hydrogens is 310 g/mol. The maximum Gasteiger partial charge on any atom is 0.335 e. The lowest BCUT2D eigenvalue weighted by Gasteiger charge is -2.28. The highest BCUT2D eigenvalue weighted by Crippen LogP contribution is 2.09. The summed E-state index contributed by atoms with van der Waals surface area (Å²) in [4.78, 5) is 22.8. The number of nitrogens with zero attached hydrogens (tertiary/aromatic N) is 1. The van der Waals surface area contributed by atoms with Gasteiger partial charge in [0.05, 0.1) is 27.6 Å². The van der Waals surface area contributed by atoms with Crippen molar-refractivity contribution in [2.75, 3.05) is 27.7 Å². The van der Waals surface area contributed by atoms with Gasteiger partial charge in [-0.1, -0.05) is 31.9 Å². The summed E-state index contributed by atoms with van der Waals surface area (Å²) in [7, 11) is 5.67. The lowest BCUT2D eigenvalue weighted by molar-refractivity contribution is -0.873. The molecule has 0 rings (SSSR count). The van der Waals surface area contributed by atoms with Gasteiger partial charge in [-0.3, -0.25) is 4.79 Å². The van der Waals surface area contributed by atoms with Crippen LogP contribution >= 0.6 is 0 Å². The molecule has 2 N–H and O–H groups in total. The molecule has 2 atom stereocenters. The van der Waals surface area contributed by atoms with Crippen molar-refractivity contribution in [3.63, 3.8) is 0 Å². The van der Waals surface area contributed by atoms with Gasteiger partial charge < -0.3 is 19.4 Å². The normalized spacial score (nSPS) is 14.5. The van der Waals surface area contributed by atoms with E-state index in [2.05, 4.69) is 13.0 Å². The molecule has 0 radical (unpaired) electrons. The fourth-order valence-electron chi connectivity index (χ4n) is 2.31. The molecule has 24 heavy (non-hydrogen) atoms. The molecule has 0 aromatic carbocycles. The molecule has 0 aliphatic rings. The number of likely N-dealkylation sites (N-methyl/N-ethyl adjacent to an activating group) is 1. The lowest BCUT2D eigenvalue weighted by Crippen LogP contribution is -2.44. The standard InChI is InChI=1S/C18H33NO5/c1-5-6-7-8-9-10-11-12-16(20)18(23)24-15(13-17(21)22)14-19(2,3)4/h9-10,15-16,20H,5-8,11-14H2,1-4H3/p+1/b10-9+. The number of esters is 1. The van der Waals surface area contributed by atoms with E-state index in [0.29, 0.717) is 17.4 Å². The Bertz CT molecular complexity index is 401. The number of rotatable bonds is 13. The van der Waals surface area contributed by atoms with E-state index in [9.17, 15) is 14.7 Å². The van der Waals surface area contributed by atoms with Crippen LogP contribution in [-0.4, -0.2) is 66.5 Å². The number of aliphatic carboxylic acids is 1. The summed E-state index contributed by atoms with van der Waals surface area (Å²) in [6, 6.07) is 0. The van der Waals surface area contributed by atoms with Gasteiger partial charge in [0.25, 0.3) is 0 Å². The van der Waals surface area contributed by atoms with Crippen LogP contribution in [0.1, 0.15) is 51.9 Å². The van der Waals surface area contributed by atoms with Crippen molar-refractivity contribution in [3.05, 3.63) is 12.2 Å². The molecule has 140 valence electrons. The fraction of sp³-hybridized carbons (Fsp3) is 0.778. The second-order valence-corrected chi connectivity index (χ2v) is 7.19. The topological polar surface area (TPSA) is 83.8 Å². The van der Waals surface area contributed by atoms with Gasteiger partial charge in [0.15, 0.2) is 12.2 Å². The van der Waals surface area contributed by atoms with Crippen LogP contribution in [0.25, 0.3) is 0 Å². The highest BCUT2D eigenvalue weighted by molar-refractivity contribution is 5.75. The van der Waals surface area contributed by atoms with Gasteiger partial charge in [-0.25, -0.2) is 4.79 Å². The minimum atomic E-state index is -1.21. The average Bonchev–Trinajstić information content (AvgIpc) is 2.43. The van der Waals surface area contributed by atoms with Crippen molar-refractivity contribution in [1.29, 1.82) is 0 Å². The van der Waals surface area contributed by atoms with Crippen LogP contribution in [0, 0.1) is 0 Å². The Balaban J connectivity index is 4.25. The van der Waals surface area contributed by atoms with Crippen LogP contribution < -0.4 is 0 Å². The van der Waals surface area contributed by atoms with Crippen LogP contribution in [0.4, 0.5) is 0 Å². The number of carbonyl (C=O) groups is 2. The number of allylic oxidation sites excluding steroid dienone is 2. The van der Waals surface area contributed by atoms with Gasteiger partial charge in [0.1, 0.15) is 6.54 Å². The molecule has 0 bridgehead atoms. The Labute approximate surface area is 145 Å². The van der Waals surface area contributed by atoms with Crippen LogP contribution in [0.5, 0.6) is 0 Å². The first-order chi connectivity index (χ1) is 11.2. The number of quaternary nitrogens is 1. The number of unbranched alkanes of at least 4 members (excludes halogenated alkanes) is 3. The Morgan fingerprint density at radius 3 is 2.29 bits per heavy atom. The van der Waals surface area contributed by atoms with Crippen molar-refractivity contribution in [1.82, 2.24) is 0 Å². The zero-order valence-electron chi connectivity index (χ0n) is 15.5. The molecule has 0 aliphatic carbocycles. The number of aliphatic hydroxyl groups excluding tert-OH is 1. The molecule has 0 saturated heterocycles. The Kier molecular flexibility index (Phi) is 11.3. The van der Waals surface area contributed by atoms with Gasteiger partial charge in [-0.05, 0) is 25.7 Å². The summed E-state index contributed by atoms with van der Waals surface area (Å²) in [5.41, 5.74) is 0. The third kappa shape index (κ3) is 13.1. The number of ether oxygens (including phenoxy) is 1. The predicted molar refractivity (Wildman–Crippen MR) is 93.6 cm³/mol. The lowest BCUT2D eigenvalue weighted by atomic mass is 10.1. The van der Waals surface area contributed by atoms with E-state index in [1.165, 1.54) is 12.8 Å². The second kappa shape index (κ2) is 12.0. The van der Waals surface area contributed by atoms with Crippen molar-refractivity contribution < 1.29 is 29.0 Å². The van der Waals surface area contributed by atoms with E-state index in [1.807, 2.05) is 27.2 Å². The van der Waals surface area contributed by atoms with Crippen molar-refractivity contribution in [3.8, 4) is 0 Å². The van der Waals surface area contributed by atoms with E-state index in [4.69, 9.17) is 9.84 Å². The maximum atomic E-state index is 11.9. The molecule has 0 spiro atoms. The maximum absolute atomic E-state index is 11.9. The average molecular weight is 344 g/mol. The molecule has 0 aliphatic heterocycles. The van der Waals surface area contributed by atoms with Crippen LogP contribution in [0.15, 0.2) is 12.2 Å². The number of hydrogen-bond donors (Lipinski definition) is 2. The van der Waals surface area contributed by atoms with Crippen LogP contribution in [-0.2, 0) is 14.3 Å². The van der Waals surface area contributed by atoms with E-state index < -0.39 is 24.1 Å². The minimum Gasteiger partial charge on any atom is -0.481 e. The zero-order chi connectivity index (χ0) is 18.6. The largest absolute Gasteiger partial charge is 0.481 e. The second-order valence-electron chi connectivity index (χ2n) is 7.19. The first-order valence-corrected chi connectivity index (χ1v) is 8.71. The molecule has 0 fully saturated rings. The molecule has 0 saturated carbocycles. The van der Waals surface area contributed by atoms with Gasteiger partial charge in [-0.2, -0.15) is 0 Å². The van der Waals surface area contributed by atoms with E-state index in [-0.39, 0.29) is 12.8 Å². The molecule has 6 heteroatoms. The number of hydrogen-bond acceptors (Lipinski definition) is 4. The van der Waals surface area contributed by atoms with Crippen molar-refractivity contribution in [2.45, 2.75) is 64.1 Å². The Hall–Kier alpha value is -1.40. The smallest absolute Gasteiger partial charge is 0.335 e. The SMILES string of the molecule is CCCCC/C=C/CCC(O)C(=O)OC(CC(=O)O)C[N+](C)(C)C. The van der Waals surface area contributed by atoms with E-state index in [0.717, 1.165) is 12.8 Å². The molecule has 0 amide bonds.